The van der Waals surface area contributed by atoms with Gasteiger partial charge in [-0.25, -0.2) is 0 Å². The van der Waals surface area contributed by atoms with Crippen molar-refractivity contribution in [1.82, 2.24) is 9.13 Å². The van der Waals surface area contributed by atoms with E-state index in [1.54, 1.807) is 15.9 Å². The molecule has 0 saturated heterocycles. The standard InChI is InChI=1S/C54H34N2S/c1-3-12-35(13-4-1)37-22-27-41(28-23-37)55-49-30-25-38(33-47(49)43-29-24-40(34-52(43)55)36-14-5-2-6-15-36)39-26-31-50-46(32-39)42-16-7-9-19-48(42)56(50)51-20-11-18-45-44-17-8-10-21-53(44)57-54(45)51/h1-34H/i7D,9D,16D,19D,26D,31D,32D. The Hall–Kier alpha value is -7.20. The monoisotopic (exact) mass is 749 g/mol. The van der Waals surface area contributed by atoms with Crippen molar-refractivity contribution in [2.45, 2.75) is 0 Å². The Kier molecular flexibility index (Phi) is 5.74. The molecule has 0 N–H and O–H groups in total. The smallest absolute Gasteiger partial charge is 0.0645 e. The molecule has 0 aliphatic heterocycles. The molecule has 3 heterocycles. The molecule has 9 aromatic carbocycles. The Balaban J connectivity index is 1.13. The SMILES string of the molecule is [2H]c1c([2H])c([2H])c2c(c1[2H])c1c([2H])c(-c3ccc4c(c3)c3ccc(-c5ccccc5)cc3n4-c3ccc(-c4ccccc4)cc3)c([2H])c([2H])c1n2-c1cccc2c1sc1ccccc12. The number of fused-ring (bicyclic) bond motifs is 9. The Bertz CT molecular complexity index is 3910. The van der Waals surface area contributed by atoms with Gasteiger partial charge in [0.05, 0.1) is 42.0 Å². The number of aromatic nitrogens is 2. The molecule has 0 unspecified atom stereocenters. The molecule has 0 radical (unpaired) electrons. The van der Waals surface area contributed by atoms with Crippen LogP contribution in [0.2, 0.25) is 0 Å². The summed E-state index contributed by atoms with van der Waals surface area (Å²) >= 11 is 1.57. The van der Waals surface area contributed by atoms with Gasteiger partial charge in [0.25, 0.3) is 0 Å². The number of hydrogen-bond donors (Lipinski definition) is 0. The zero-order chi connectivity index (χ0) is 43.5. The molecule has 0 aliphatic carbocycles. The summed E-state index contributed by atoms with van der Waals surface area (Å²) in [6.45, 7) is 0. The molecule has 3 aromatic heterocycles. The van der Waals surface area contributed by atoms with Crippen LogP contribution in [-0.4, -0.2) is 9.13 Å². The van der Waals surface area contributed by atoms with Crippen molar-refractivity contribution in [3.05, 3.63) is 206 Å². The quantitative estimate of drug-likeness (QED) is 0.166. The topological polar surface area (TPSA) is 9.86 Å². The summed E-state index contributed by atoms with van der Waals surface area (Å²) < 4.78 is 71.3. The first-order chi connectivity index (χ1) is 31.2. The van der Waals surface area contributed by atoms with Gasteiger partial charge in [0.2, 0.25) is 0 Å². The fourth-order valence-corrected chi connectivity index (χ4v) is 9.71. The van der Waals surface area contributed by atoms with Crippen molar-refractivity contribution in [1.29, 1.82) is 0 Å². The number of para-hydroxylation sites is 1. The van der Waals surface area contributed by atoms with Crippen molar-refractivity contribution in [2.24, 2.45) is 0 Å². The van der Waals surface area contributed by atoms with Crippen LogP contribution in [0.15, 0.2) is 206 Å². The van der Waals surface area contributed by atoms with E-state index in [0.717, 1.165) is 69.9 Å². The number of benzene rings is 9. The van der Waals surface area contributed by atoms with E-state index < -0.39 is 12.1 Å². The van der Waals surface area contributed by atoms with Crippen LogP contribution < -0.4 is 0 Å². The summed E-state index contributed by atoms with van der Waals surface area (Å²) in [5.41, 5.74) is 9.10. The first-order valence-corrected chi connectivity index (χ1v) is 19.8. The van der Waals surface area contributed by atoms with Crippen LogP contribution in [-0.2, 0) is 0 Å². The van der Waals surface area contributed by atoms with Gasteiger partial charge in [-0.2, -0.15) is 0 Å². The fraction of sp³-hybridized carbons (Fsp3) is 0. The van der Waals surface area contributed by atoms with E-state index in [4.69, 9.17) is 2.74 Å². The largest absolute Gasteiger partial charge is 0.309 e. The lowest BCUT2D eigenvalue weighted by atomic mass is 9.99. The van der Waals surface area contributed by atoms with Gasteiger partial charge < -0.3 is 9.13 Å². The second-order valence-corrected chi connectivity index (χ2v) is 15.4. The van der Waals surface area contributed by atoms with Crippen LogP contribution in [0.25, 0.3) is 109 Å². The second kappa shape index (κ2) is 12.7. The molecule has 57 heavy (non-hydrogen) atoms. The zero-order valence-corrected chi connectivity index (χ0v) is 31.2. The average molecular weight is 750 g/mol. The highest BCUT2D eigenvalue weighted by molar-refractivity contribution is 7.26. The summed E-state index contributed by atoms with van der Waals surface area (Å²) in [6, 6.07) is 53.6. The zero-order valence-electron chi connectivity index (χ0n) is 37.4. The summed E-state index contributed by atoms with van der Waals surface area (Å²) in [5, 5.41) is 4.29. The van der Waals surface area contributed by atoms with Gasteiger partial charge in [0, 0.05) is 42.7 Å². The predicted molar refractivity (Wildman–Crippen MR) is 244 cm³/mol. The van der Waals surface area contributed by atoms with Crippen LogP contribution in [0.3, 0.4) is 0 Å². The number of rotatable bonds is 5. The highest BCUT2D eigenvalue weighted by Gasteiger charge is 2.19. The van der Waals surface area contributed by atoms with Crippen LogP contribution in [0.5, 0.6) is 0 Å². The van der Waals surface area contributed by atoms with Crippen molar-refractivity contribution in [3.8, 4) is 44.8 Å². The summed E-state index contributed by atoms with van der Waals surface area (Å²) in [6.07, 6.45) is 0. The van der Waals surface area contributed by atoms with Gasteiger partial charge in [0.15, 0.2) is 0 Å². The van der Waals surface area contributed by atoms with Crippen LogP contribution in [0.4, 0.5) is 0 Å². The number of nitrogens with zero attached hydrogens (tertiary/aromatic N) is 2. The molecule has 266 valence electrons. The molecule has 0 atom stereocenters. The minimum absolute atomic E-state index is 0.0701. The maximum absolute atomic E-state index is 9.97. The van der Waals surface area contributed by atoms with E-state index in [0.29, 0.717) is 11.3 Å². The number of hydrogen-bond acceptors (Lipinski definition) is 1. The minimum Gasteiger partial charge on any atom is -0.309 e. The second-order valence-electron chi connectivity index (χ2n) is 14.4. The van der Waals surface area contributed by atoms with Gasteiger partial charge in [0.1, 0.15) is 0 Å². The maximum Gasteiger partial charge on any atom is 0.0645 e. The molecule has 12 aromatic rings. The molecule has 0 aliphatic rings. The molecule has 0 spiro atoms. The molecule has 2 nitrogen and oxygen atoms in total. The van der Waals surface area contributed by atoms with Gasteiger partial charge in [-0.05, 0) is 94.0 Å². The highest BCUT2D eigenvalue weighted by atomic mass is 32.1. The van der Waals surface area contributed by atoms with E-state index in [-0.39, 0.29) is 57.6 Å². The first-order valence-electron chi connectivity index (χ1n) is 22.4. The van der Waals surface area contributed by atoms with Gasteiger partial charge in [-0.1, -0.05) is 145 Å². The van der Waals surface area contributed by atoms with Crippen LogP contribution in [0, 0.1) is 0 Å². The molecule has 0 bridgehead atoms. The molecule has 12 rings (SSSR count). The lowest BCUT2D eigenvalue weighted by Gasteiger charge is -2.11. The van der Waals surface area contributed by atoms with E-state index >= 15 is 0 Å². The van der Waals surface area contributed by atoms with Crippen molar-refractivity contribution < 1.29 is 9.60 Å². The molecule has 0 amide bonds. The maximum atomic E-state index is 9.97. The van der Waals surface area contributed by atoms with Crippen LogP contribution in [0.1, 0.15) is 9.60 Å². The molecule has 3 heteroatoms. The van der Waals surface area contributed by atoms with Gasteiger partial charge in [-0.15, -0.1) is 11.3 Å². The predicted octanol–water partition coefficient (Wildman–Crippen LogP) is 15.2. The Morgan fingerprint density at radius 2 is 1.04 bits per heavy atom. The highest BCUT2D eigenvalue weighted by Crippen LogP contribution is 2.43. The Morgan fingerprint density at radius 1 is 0.368 bits per heavy atom. The minimum atomic E-state index is -0.417. The van der Waals surface area contributed by atoms with E-state index in [9.17, 15) is 6.85 Å². The summed E-state index contributed by atoms with van der Waals surface area (Å²) in [4.78, 5) is 0. The third kappa shape index (κ3) is 5.03. The third-order valence-electron chi connectivity index (χ3n) is 11.2. The fourth-order valence-electron chi connectivity index (χ4n) is 8.51. The Morgan fingerprint density at radius 3 is 1.88 bits per heavy atom. The van der Waals surface area contributed by atoms with Crippen LogP contribution >= 0.6 is 11.3 Å². The van der Waals surface area contributed by atoms with Crippen molar-refractivity contribution in [3.63, 3.8) is 0 Å². The normalized spacial score (nSPS) is 13.6. The van der Waals surface area contributed by atoms with Crippen molar-refractivity contribution >= 4 is 75.1 Å². The summed E-state index contributed by atoms with van der Waals surface area (Å²) in [7, 11) is 0. The lowest BCUT2D eigenvalue weighted by Crippen LogP contribution is -1.94. The van der Waals surface area contributed by atoms with Crippen molar-refractivity contribution in [2.75, 3.05) is 0 Å². The average Bonchev–Trinajstić information content (AvgIpc) is 4.01. The lowest BCUT2D eigenvalue weighted by molar-refractivity contribution is 1.18. The Labute approximate surface area is 343 Å². The molecular formula is C54H34N2S. The van der Waals surface area contributed by atoms with Gasteiger partial charge >= 0.3 is 0 Å². The number of thiophene rings is 1. The molecule has 0 fully saturated rings. The van der Waals surface area contributed by atoms with E-state index in [2.05, 4.69) is 77.4 Å². The van der Waals surface area contributed by atoms with E-state index in [1.165, 1.54) is 0 Å². The molecule has 0 saturated carbocycles. The summed E-state index contributed by atoms with van der Waals surface area (Å²) in [5.74, 6) is 0. The van der Waals surface area contributed by atoms with Gasteiger partial charge in [-0.3, -0.25) is 0 Å². The first kappa shape index (κ1) is 25.8. The van der Waals surface area contributed by atoms with E-state index in [1.807, 2.05) is 91.0 Å². The molecular weight excluding hydrogens is 709 g/mol. The third-order valence-corrected chi connectivity index (χ3v) is 12.4.